The van der Waals surface area contributed by atoms with Gasteiger partial charge in [-0.3, -0.25) is 0 Å². The SMILES string of the molecule is OCc1ccc(Cl)nc1-c1c(Cl)cccc1Cl. The van der Waals surface area contributed by atoms with Crippen LogP contribution in [-0.2, 0) is 6.61 Å². The van der Waals surface area contributed by atoms with Crippen molar-refractivity contribution in [3.05, 3.63) is 51.1 Å². The van der Waals surface area contributed by atoms with Crippen LogP contribution in [0.2, 0.25) is 15.2 Å². The first-order chi connectivity index (χ1) is 8.13. The maximum absolute atomic E-state index is 9.28. The smallest absolute Gasteiger partial charge is 0.129 e. The molecule has 0 saturated carbocycles. The third kappa shape index (κ3) is 2.55. The second kappa shape index (κ2) is 5.23. The minimum atomic E-state index is -0.152. The van der Waals surface area contributed by atoms with E-state index < -0.39 is 0 Å². The molecule has 0 aliphatic heterocycles. The number of hydrogen-bond donors (Lipinski definition) is 1. The maximum Gasteiger partial charge on any atom is 0.129 e. The number of nitrogens with zero attached hydrogens (tertiary/aromatic N) is 1. The van der Waals surface area contributed by atoms with Crippen molar-refractivity contribution in [2.75, 3.05) is 0 Å². The molecule has 1 aromatic carbocycles. The van der Waals surface area contributed by atoms with E-state index in [1.54, 1.807) is 30.3 Å². The second-order valence-corrected chi connectivity index (χ2v) is 4.60. The first kappa shape index (κ1) is 12.7. The highest BCUT2D eigenvalue weighted by Crippen LogP contribution is 2.35. The molecule has 0 saturated heterocycles. The quantitative estimate of drug-likeness (QED) is 0.840. The van der Waals surface area contributed by atoms with Gasteiger partial charge in [-0.05, 0) is 18.2 Å². The molecule has 0 aliphatic rings. The summed E-state index contributed by atoms with van der Waals surface area (Å²) < 4.78 is 0. The largest absolute Gasteiger partial charge is 0.392 e. The molecule has 0 unspecified atom stereocenters. The van der Waals surface area contributed by atoms with Crippen molar-refractivity contribution >= 4 is 34.8 Å². The standard InChI is InChI=1S/C12H8Cl3NO/c13-8-2-1-3-9(14)11(8)12-7(6-17)4-5-10(15)16-12/h1-5,17H,6H2. The average molecular weight is 289 g/mol. The molecule has 17 heavy (non-hydrogen) atoms. The van der Waals surface area contributed by atoms with Crippen molar-refractivity contribution in [3.63, 3.8) is 0 Å². The van der Waals surface area contributed by atoms with E-state index >= 15 is 0 Å². The van der Waals surface area contributed by atoms with Gasteiger partial charge < -0.3 is 5.11 Å². The van der Waals surface area contributed by atoms with Gasteiger partial charge in [0, 0.05) is 11.1 Å². The van der Waals surface area contributed by atoms with Gasteiger partial charge in [-0.2, -0.15) is 0 Å². The third-order valence-electron chi connectivity index (χ3n) is 2.31. The molecule has 88 valence electrons. The van der Waals surface area contributed by atoms with E-state index in [1.165, 1.54) is 0 Å². The number of hydrogen-bond acceptors (Lipinski definition) is 2. The predicted molar refractivity (Wildman–Crippen MR) is 70.6 cm³/mol. The summed E-state index contributed by atoms with van der Waals surface area (Å²) in [7, 11) is 0. The molecule has 0 radical (unpaired) electrons. The van der Waals surface area contributed by atoms with Crippen LogP contribution in [0.5, 0.6) is 0 Å². The molecule has 5 heteroatoms. The first-order valence-corrected chi connectivity index (χ1v) is 5.97. The van der Waals surface area contributed by atoms with Gasteiger partial charge in [0.25, 0.3) is 0 Å². The number of benzene rings is 1. The van der Waals surface area contributed by atoms with Crippen LogP contribution in [0.15, 0.2) is 30.3 Å². The summed E-state index contributed by atoms with van der Waals surface area (Å²) in [5.41, 5.74) is 1.72. The summed E-state index contributed by atoms with van der Waals surface area (Å²) in [5, 5.41) is 10.6. The molecule has 0 spiro atoms. The van der Waals surface area contributed by atoms with E-state index in [9.17, 15) is 5.11 Å². The van der Waals surface area contributed by atoms with Crippen LogP contribution in [0.1, 0.15) is 5.56 Å². The highest BCUT2D eigenvalue weighted by Gasteiger charge is 2.14. The topological polar surface area (TPSA) is 33.1 Å². The van der Waals surface area contributed by atoms with Crippen LogP contribution in [0, 0.1) is 0 Å². The van der Waals surface area contributed by atoms with Gasteiger partial charge in [0.2, 0.25) is 0 Å². The zero-order valence-electron chi connectivity index (χ0n) is 8.62. The number of aromatic nitrogens is 1. The van der Waals surface area contributed by atoms with Crippen LogP contribution in [-0.4, -0.2) is 10.1 Å². The van der Waals surface area contributed by atoms with Crippen molar-refractivity contribution in [2.45, 2.75) is 6.61 Å². The molecule has 2 rings (SSSR count). The Labute approximate surface area is 114 Å². The normalized spacial score (nSPS) is 10.6. The summed E-state index contributed by atoms with van der Waals surface area (Å²) in [6, 6.07) is 8.49. The highest BCUT2D eigenvalue weighted by atomic mass is 35.5. The van der Waals surface area contributed by atoms with Gasteiger partial charge in [0.05, 0.1) is 22.3 Å². The van der Waals surface area contributed by atoms with Crippen molar-refractivity contribution in [3.8, 4) is 11.3 Å². The molecule has 1 heterocycles. The van der Waals surface area contributed by atoms with E-state index in [2.05, 4.69) is 4.98 Å². The molecule has 0 amide bonds. The fourth-order valence-electron chi connectivity index (χ4n) is 1.53. The van der Waals surface area contributed by atoms with Crippen LogP contribution < -0.4 is 0 Å². The lowest BCUT2D eigenvalue weighted by Gasteiger charge is -2.10. The molecule has 2 aromatic rings. The fourth-order valence-corrected chi connectivity index (χ4v) is 2.26. The van der Waals surface area contributed by atoms with E-state index in [4.69, 9.17) is 34.8 Å². The Hall–Kier alpha value is -0.800. The molecule has 2 nitrogen and oxygen atoms in total. The van der Waals surface area contributed by atoms with E-state index in [-0.39, 0.29) is 6.61 Å². The van der Waals surface area contributed by atoms with E-state index in [0.29, 0.717) is 32.0 Å². The Kier molecular flexibility index (Phi) is 3.89. The number of pyridine rings is 1. The molecule has 0 fully saturated rings. The van der Waals surface area contributed by atoms with Gasteiger partial charge in [0.1, 0.15) is 5.15 Å². The molecule has 1 N–H and O–H groups in total. The lowest BCUT2D eigenvalue weighted by Crippen LogP contribution is -1.95. The summed E-state index contributed by atoms with van der Waals surface area (Å²) in [6.45, 7) is -0.152. The van der Waals surface area contributed by atoms with Gasteiger partial charge in [0.15, 0.2) is 0 Å². The molecular weight excluding hydrogens is 280 g/mol. The number of aliphatic hydroxyl groups excluding tert-OH is 1. The number of rotatable bonds is 2. The first-order valence-electron chi connectivity index (χ1n) is 4.84. The molecule has 0 atom stereocenters. The van der Waals surface area contributed by atoms with Crippen molar-refractivity contribution in [1.29, 1.82) is 0 Å². The van der Waals surface area contributed by atoms with Crippen LogP contribution >= 0.6 is 34.8 Å². The van der Waals surface area contributed by atoms with Crippen molar-refractivity contribution in [1.82, 2.24) is 4.98 Å². The monoisotopic (exact) mass is 287 g/mol. The Bertz CT molecular complexity index is 537. The minimum Gasteiger partial charge on any atom is -0.392 e. The Morgan fingerprint density at radius 3 is 2.24 bits per heavy atom. The van der Waals surface area contributed by atoms with Gasteiger partial charge in [-0.1, -0.05) is 46.9 Å². The predicted octanol–water partition coefficient (Wildman–Crippen LogP) is 4.20. The van der Waals surface area contributed by atoms with E-state index in [1.807, 2.05) is 0 Å². The lowest BCUT2D eigenvalue weighted by atomic mass is 10.1. The zero-order chi connectivity index (χ0) is 12.4. The fraction of sp³-hybridized carbons (Fsp3) is 0.0833. The third-order valence-corrected chi connectivity index (χ3v) is 3.16. The Balaban J connectivity index is 2.71. The maximum atomic E-state index is 9.28. The van der Waals surface area contributed by atoms with Gasteiger partial charge >= 0.3 is 0 Å². The lowest BCUT2D eigenvalue weighted by molar-refractivity contribution is 0.282. The van der Waals surface area contributed by atoms with Gasteiger partial charge in [-0.15, -0.1) is 0 Å². The summed E-state index contributed by atoms with van der Waals surface area (Å²) in [4.78, 5) is 4.17. The minimum absolute atomic E-state index is 0.152. The Morgan fingerprint density at radius 1 is 1.00 bits per heavy atom. The van der Waals surface area contributed by atoms with Crippen LogP contribution in [0.25, 0.3) is 11.3 Å². The summed E-state index contributed by atoms with van der Waals surface area (Å²) in [5.74, 6) is 0. The van der Waals surface area contributed by atoms with Crippen molar-refractivity contribution < 1.29 is 5.11 Å². The van der Waals surface area contributed by atoms with Crippen molar-refractivity contribution in [2.24, 2.45) is 0 Å². The van der Waals surface area contributed by atoms with Gasteiger partial charge in [-0.25, -0.2) is 4.98 Å². The van der Waals surface area contributed by atoms with Crippen LogP contribution in [0.4, 0.5) is 0 Å². The average Bonchev–Trinajstić information content (AvgIpc) is 2.29. The molecule has 0 bridgehead atoms. The zero-order valence-corrected chi connectivity index (χ0v) is 10.9. The molecule has 0 aliphatic carbocycles. The summed E-state index contributed by atoms with van der Waals surface area (Å²) in [6.07, 6.45) is 0. The molecular formula is C12H8Cl3NO. The number of halogens is 3. The number of aliphatic hydroxyl groups is 1. The van der Waals surface area contributed by atoms with Crippen LogP contribution in [0.3, 0.4) is 0 Å². The molecule has 1 aromatic heterocycles. The summed E-state index contributed by atoms with van der Waals surface area (Å²) >= 11 is 18.0. The second-order valence-electron chi connectivity index (χ2n) is 3.40. The highest BCUT2D eigenvalue weighted by molar-refractivity contribution is 6.39. The van der Waals surface area contributed by atoms with E-state index in [0.717, 1.165) is 0 Å². The Morgan fingerprint density at radius 2 is 1.65 bits per heavy atom.